The van der Waals surface area contributed by atoms with Crippen LogP contribution in [0.5, 0.6) is 11.5 Å². The van der Waals surface area contributed by atoms with Gasteiger partial charge in [-0.3, -0.25) is 0 Å². The van der Waals surface area contributed by atoms with E-state index in [4.69, 9.17) is 9.47 Å². The molecular weight excluding hydrogens is 376 g/mol. The van der Waals surface area contributed by atoms with E-state index in [1.165, 1.54) is 18.3 Å². The Bertz CT molecular complexity index is 1040. The third-order valence-electron chi connectivity index (χ3n) is 3.86. The monoisotopic (exact) mass is 396 g/mol. The molecule has 0 saturated heterocycles. The summed E-state index contributed by atoms with van der Waals surface area (Å²) in [6.45, 7) is 0.418. The molecule has 3 aromatic rings. The van der Waals surface area contributed by atoms with Gasteiger partial charge in [0.05, 0.1) is 18.2 Å². The SMILES string of the molecule is COc1cc(/C=N/NS(=O)(=O)c2ccccc2)ccc1OCc1ccccc1. The molecule has 0 aliphatic heterocycles. The topological polar surface area (TPSA) is 77.0 Å². The van der Waals surface area contributed by atoms with E-state index in [0.717, 1.165) is 5.56 Å². The molecule has 0 saturated carbocycles. The molecule has 0 atom stereocenters. The van der Waals surface area contributed by atoms with E-state index < -0.39 is 10.0 Å². The van der Waals surface area contributed by atoms with Crippen LogP contribution in [0.15, 0.2) is 88.9 Å². The van der Waals surface area contributed by atoms with Gasteiger partial charge < -0.3 is 9.47 Å². The molecule has 7 heteroatoms. The molecule has 0 aliphatic rings. The maximum Gasteiger partial charge on any atom is 0.276 e. The first-order valence-electron chi connectivity index (χ1n) is 8.53. The van der Waals surface area contributed by atoms with Crippen LogP contribution in [-0.4, -0.2) is 21.7 Å². The molecule has 0 spiro atoms. The molecular formula is C21H20N2O4S. The van der Waals surface area contributed by atoms with Crippen LogP contribution in [0, 0.1) is 0 Å². The molecule has 28 heavy (non-hydrogen) atoms. The molecule has 0 amide bonds. The standard InChI is InChI=1S/C21H20N2O4S/c1-26-21-14-18(12-13-20(21)27-16-17-8-4-2-5-9-17)15-22-23-28(24,25)19-10-6-3-7-11-19/h2-15,23H,16H2,1H3/b22-15+. The maximum absolute atomic E-state index is 12.1. The summed E-state index contributed by atoms with van der Waals surface area (Å²) >= 11 is 0. The summed E-state index contributed by atoms with van der Waals surface area (Å²) in [4.78, 5) is 2.34. The van der Waals surface area contributed by atoms with E-state index in [0.29, 0.717) is 23.7 Å². The first kappa shape index (κ1) is 19.4. The fourth-order valence-corrected chi connectivity index (χ4v) is 3.25. The summed E-state index contributed by atoms with van der Waals surface area (Å²) in [5, 5.41) is 3.83. The van der Waals surface area contributed by atoms with E-state index in [2.05, 4.69) is 9.93 Å². The fourth-order valence-electron chi connectivity index (χ4n) is 2.44. The van der Waals surface area contributed by atoms with E-state index in [-0.39, 0.29) is 4.90 Å². The number of nitrogens with one attached hydrogen (secondary N) is 1. The lowest BCUT2D eigenvalue weighted by atomic mass is 10.2. The van der Waals surface area contributed by atoms with Gasteiger partial charge in [0.2, 0.25) is 0 Å². The summed E-state index contributed by atoms with van der Waals surface area (Å²) in [5.41, 5.74) is 1.71. The highest BCUT2D eigenvalue weighted by Gasteiger charge is 2.11. The Morgan fingerprint density at radius 1 is 0.929 bits per heavy atom. The Morgan fingerprint density at radius 2 is 1.61 bits per heavy atom. The molecule has 0 radical (unpaired) electrons. The first-order valence-corrected chi connectivity index (χ1v) is 10.0. The number of benzene rings is 3. The quantitative estimate of drug-likeness (QED) is 0.466. The van der Waals surface area contributed by atoms with Gasteiger partial charge in [-0.1, -0.05) is 48.5 Å². The summed E-state index contributed by atoms with van der Waals surface area (Å²) in [6.07, 6.45) is 1.41. The number of nitrogens with zero attached hydrogens (tertiary/aromatic N) is 1. The maximum atomic E-state index is 12.1. The number of hydrogen-bond acceptors (Lipinski definition) is 5. The van der Waals surface area contributed by atoms with Gasteiger partial charge in [0.25, 0.3) is 10.0 Å². The average Bonchev–Trinajstić information content (AvgIpc) is 2.74. The second kappa shape index (κ2) is 9.05. The summed E-state index contributed by atoms with van der Waals surface area (Å²) in [6, 6.07) is 23.1. The van der Waals surface area contributed by atoms with Crippen LogP contribution in [-0.2, 0) is 16.6 Å². The molecule has 144 valence electrons. The van der Waals surface area contributed by atoms with Crippen molar-refractivity contribution in [1.82, 2.24) is 4.83 Å². The van der Waals surface area contributed by atoms with Crippen LogP contribution in [0.2, 0.25) is 0 Å². The molecule has 3 rings (SSSR count). The molecule has 0 bridgehead atoms. The van der Waals surface area contributed by atoms with Crippen molar-refractivity contribution >= 4 is 16.2 Å². The zero-order valence-corrected chi connectivity index (χ0v) is 16.1. The van der Waals surface area contributed by atoms with E-state index >= 15 is 0 Å². The lowest BCUT2D eigenvalue weighted by molar-refractivity contribution is 0.284. The molecule has 0 aromatic heterocycles. The number of sulfonamides is 1. The van der Waals surface area contributed by atoms with Gasteiger partial charge in [-0.2, -0.15) is 13.5 Å². The summed E-state index contributed by atoms with van der Waals surface area (Å²) in [5.74, 6) is 1.12. The first-order chi connectivity index (χ1) is 13.6. The fraction of sp³-hybridized carbons (Fsp3) is 0.0952. The average molecular weight is 396 g/mol. The Labute approximate surface area is 164 Å². The molecule has 0 fully saturated rings. The Hall–Kier alpha value is -3.32. The lowest BCUT2D eigenvalue weighted by Gasteiger charge is -2.11. The zero-order valence-electron chi connectivity index (χ0n) is 15.3. The molecule has 0 aliphatic carbocycles. The number of rotatable bonds is 8. The third-order valence-corrected chi connectivity index (χ3v) is 5.10. The number of hydrogen-bond donors (Lipinski definition) is 1. The highest BCUT2D eigenvalue weighted by Crippen LogP contribution is 2.28. The molecule has 0 heterocycles. The number of hydrazone groups is 1. The summed E-state index contributed by atoms with van der Waals surface area (Å²) < 4.78 is 35.5. The number of methoxy groups -OCH3 is 1. The van der Waals surface area contributed by atoms with Gasteiger partial charge in [0, 0.05) is 0 Å². The van der Waals surface area contributed by atoms with Crippen LogP contribution >= 0.6 is 0 Å². The molecule has 0 unspecified atom stereocenters. The zero-order chi connectivity index (χ0) is 19.8. The van der Waals surface area contributed by atoms with Crippen LogP contribution < -0.4 is 14.3 Å². The van der Waals surface area contributed by atoms with Crippen LogP contribution in [0.3, 0.4) is 0 Å². The largest absolute Gasteiger partial charge is 0.493 e. The van der Waals surface area contributed by atoms with Gasteiger partial charge in [-0.05, 0) is 41.5 Å². The van der Waals surface area contributed by atoms with Crippen molar-refractivity contribution in [1.29, 1.82) is 0 Å². The van der Waals surface area contributed by atoms with Gasteiger partial charge in [0.15, 0.2) is 11.5 Å². The van der Waals surface area contributed by atoms with Gasteiger partial charge in [-0.25, -0.2) is 4.83 Å². The molecule has 6 nitrogen and oxygen atoms in total. The van der Waals surface area contributed by atoms with Crippen molar-refractivity contribution in [3.63, 3.8) is 0 Å². The van der Waals surface area contributed by atoms with Gasteiger partial charge in [0.1, 0.15) is 6.61 Å². The highest BCUT2D eigenvalue weighted by molar-refractivity contribution is 7.89. The van der Waals surface area contributed by atoms with Crippen LogP contribution in [0.4, 0.5) is 0 Å². The smallest absolute Gasteiger partial charge is 0.276 e. The normalized spacial score (nSPS) is 11.3. The second-order valence-corrected chi connectivity index (χ2v) is 7.51. The minimum absolute atomic E-state index is 0.148. The van der Waals surface area contributed by atoms with Crippen molar-refractivity contribution < 1.29 is 17.9 Å². The van der Waals surface area contributed by atoms with Crippen molar-refractivity contribution in [3.05, 3.63) is 90.0 Å². The van der Waals surface area contributed by atoms with Crippen molar-refractivity contribution in [2.75, 3.05) is 7.11 Å². The van der Waals surface area contributed by atoms with Crippen LogP contribution in [0.25, 0.3) is 0 Å². The lowest BCUT2D eigenvalue weighted by Crippen LogP contribution is -2.18. The number of ether oxygens (including phenoxy) is 2. The Kier molecular flexibility index (Phi) is 6.29. The van der Waals surface area contributed by atoms with Gasteiger partial charge >= 0.3 is 0 Å². The van der Waals surface area contributed by atoms with E-state index in [1.54, 1.807) is 43.5 Å². The Balaban J connectivity index is 1.67. The van der Waals surface area contributed by atoms with E-state index in [9.17, 15) is 8.42 Å². The van der Waals surface area contributed by atoms with Gasteiger partial charge in [-0.15, -0.1) is 0 Å². The van der Waals surface area contributed by atoms with E-state index in [1.807, 2.05) is 30.3 Å². The minimum atomic E-state index is -3.70. The minimum Gasteiger partial charge on any atom is -0.493 e. The molecule has 3 aromatic carbocycles. The second-order valence-electron chi connectivity index (χ2n) is 5.85. The van der Waals surface area contributed by atoms with Crippen molar-refractivity contribution in [2.24, 2.45) is 5.10 Å². The summed E-state index contributed by atoms with van der Waals surface area (Å²) in [7, 11) is -2.15. The Morgan fingerprint density at radius 3 is 2.29 bits per heavy atom. The predicted molar refractivity (Wildman–Crippen MR) is 108 cm³/mol. The van der Waals surface area contributed by atoms with Crippen molar-refractivity contribution in [2.45, 2.75) is 11.5 Å². The molecule has 1 N–H and O–H groups in total. The van der Waals surface area contributed by atoms with Crippen molar-refractivity contribution in [3.8, 4) is 11.5 Å². The van der Waals surface area contributed by atoms with Crippen LogP contribution in [0.1, 0.15) is 11.1 Å². The highest BCUT2D eigenvalue weighted by atomic mass is 32.2. The predicted octanol–water partition coefficient (Wildman–Crippen LogP) is 3.59. The third kappa shape index (κ3) is 5.11.